The quantitative estimate of drug-likeness (QED) is 0.486. The maximum absolute atomic E-state index is 8.34. The van der Waals surface area contributed by atoms with E-state index in [4.69, 9.17) is 3.08 Å². The van der Waals surface area contributed by atoms with Crippen molar-refractivity contribution in [3.05, 3.63) is 0 Å². The molecule has 0 N–H and O–H groups in total. The van der Waals surface area contributed by atoms with E-state index in [1.54, 1.807) is 0 Å². The van der Waals surface area contributed by atoms with E-state index in [2.05, 4.69) is 0 Å². The smallest absolute Gasteiger partial charge is 0 e. The van der Waals surface area contributed by atoms with Crippen LogP contribution in [0.2, 0.25) is 0 Å². The van der Waals surface area contributed by atoms with Gasteiger partial charge in [0.05, 0.1) is 0 Å². The molecule has 0 aliphatic rings. The van der Waals surface area contributed by atoms with Crippen molar-refractivity contribution in [2.24, 2.45) is 0 Å². The fraction of sp³-hybridized carbons (Fsp3) is 0. The SMILES string of the molecule is [O]=[Sn].[Sn].[Sn]. The van der Waals surface area contributed by atoms with E-state index in [9.17, 15) is 0 Å². The van der Waals surface area contributed by atoms with Gasteiger partial charge < -0.3 is 0 Å². The molecule has 0 aliphatic heterocycles. The summed E-state index contributed by atoms with van der Waals surface area (Å²) in [6.45, 7) is 0. The zero-order valence-electron chi connectivity index (χ0n) is 1.91. The minimum Gasteiger partial charge on any atom is 0 e. The van der Waals surface area contributed by atoms with Crippen LogP contribution in [0.15, 0.2) is 0 Å². The zero-order chi connectivity index (χ0) is 2.00. The Morgan fingerprint density at radius 2 is 1.00 bits per heavy atom. The Bertz CT molecular complexity index is 3.25. The molecule has 0 fully saturated rings. The summed E-state index contributed by atoms with van der Waals surface area (Å²) in [7, 11) is 0. The first kappa shape index (κ1) is 16.4. The van der Waals surface area contributed by atoms with Crippen LogP contribution in [0.5, 0.6) is 0 Å². The molecule has 0 atom stereocenters. The summed E-state index contributed by atoms with van der Waals surface area (Å²) in [5.41, 5.74) is 0. The molecule has 0 rings (SSSR count). The summed E-state index contributed by atoms with van der Waals surface area (Å²) in [5.74, 6) is 0. The fourth-order valence-corrected chi connectivity index (χ4v) is 0. The monoisotopic (exact) mass is 376 g/mol. The van der Waals surface area contributed by atoms with Crippen LogP contribution in [0.4, 0.5) is 0 Å². The third kappa shape index (κ3) is 8.89. The van der Waals surface area contributed by atoms with Crippen molar-refractivity contribution in [1.29, 1.82) is 0 Å². The van der Waals surface area contributed by atoms with Gasteiger partial charge in [0.15, 0.2) is 0 Å². The van der Waals surface area contributed by atoms with Crippen molar-refractivity contribution < 1.29 is 3.08 Å². The van der Waals surface area contributed by atoms with Gasteiger partial charge in [-0.15, -0.1) is 0 Å². The number of hydrogen-bond donors (Lipinski definition) is 0. The van der Waals surface area contributed by atoms with Crippen LogP contribution in [-0.2, 0) is 3.08 Å². The molecule has 0 aromatic rings. The van der Waals surface area contributed by atoms with Gasteiger partial charge in [0.1, 0.15) is 0 Å². The Morgan fingerprint density at radius 1 is 1.00 bits per heavy atom. The van der Waals surface area contributed by atoms with Crippen LogP contribution in [0.25, 0.3) is 0 Å². The average Bonchev–Trinajstić information content (AvgIpc) is 1.00. The first-order chi connectivity index (χ1) is 1.00. The predicted octanol–water partition coefficient (Wildman–Crippen LogP) is -1.26. The standard InChI is InChI=1S/O.3Sn. The molecular weight excluding hydrogens is 372 g/mol. The molecular formula is OSn3. The topological polar surface area (TPSA) is 17.1 Å². The summed E-state index contributed by atoms with van der Waals surface area (Å²) in [6.07, 6.45) is 0. The van der Waals surface area contributed by atoms with Gasteiger partial charge in [-0.25, -0.2) is 0 Å². The molecule has 10 radical (unpaired) electrons. The second-order valence-electron chi connectivity index (χ2n) is 0. The van der Waals surface area contributed by atoms with Gasteiger partial charge in [0.25, 0.3) is 0 Å². The second kappa shape index (κ2) is 19.0. The molecule has 0 heterocycles. The Hall–Kier alpha value is 2.20. The average molecular weight is 372 g/mol. The van der Waals surface area contributed by atoms with E-state index in [1.807, 2.05) is 0 Å². The first-order valence-corrected chi connectivity index (χ1v) is 1.37. The molecule has 4 heavy (non-hydrogen) atoms. The van der Waals surface area contributed by atoms with Crippen molar-refractivity contribution in [2.75, 3.05) is 0 Å². The van der Waals surface area contributed by atoms with E-state index in [0.29, 0.717) is 22.5 Å². The number of rotatable bonds is 0. The molecule has 18 valence electrons. The van der Waals surface area contributed by atoms with Crippen LogP contribution in [0.1, 0.15) is 0 Å². The van der Waals surface area contributed by atoms with E-state index >= 15 is 0 Å². The molecule has 0 unspecified atom stereocenters. The molecule has 0 bridgehead atoms. The van der Waals surface area contributed by atoms with Crippen LogP contribution in [0.3, 0.4) is 0 Å². The zero-order valence-corrected chi connectivity index (χ0v) is 10.5. The molecule has 0 saturated carbocycles. The Kier molecular flexibility index (Phi) is 77.7. The van der Waals surface area contributed by atoms with Gasteiger partial charge in [0, 0.05) is 47.8 Å². The molecule has 0 aromatic carbocycles. The summed E-state index contributed by atoms with van der Waals surface area (Å²) in [5, 5.41) is 0. The van der Waals surface area contributed by atoms with Crippen LogP contribution >= 0.6 is 0 Å². The maximum Gasteiger partial charge on any atom is 0 e. The largest absolute Gasteiger partial charge is 0 e. The molecule has 0 saturated heterocycles. The predicted molar refractivity (Wildman–Crippen MR) is 17.9 cm³/mol. The Morgan fingerprint density at radius 3 is 1.00 bits per heavy atom. The summed E-state index contributed by atoms with van der Waals surface area (Å²) in [6, 6.07) is 0. The van der Waals surface area contributed by atoms with Gasteiger partial charge in [-0.3, -0.25) is 0 Å². The van der Waals surface area contributed by atoms with E-state index in [-0.39, 0.29) is 47.8 Å². The third-order valence-corrected chi connectivity index (χ3v) is 0. The normalized spacial score (nSPS) is 1.00. The molecule has 0 amide bonds. The van der Waals surface area contributed by atoms with E-state index in [1.165, 1.54) is 0 Å². The van der Waals surface area contributed by atoms with Crippen LogP contribution in [-0.4, -0.2) is 70.3 Å². The van der Waals surface area contributed by atoms with E-state index in [0.717, 1.165) is 0 Å². The minimum absolute atomic E-state index is 0. The Labute approximate surface area is 72.3 Å². The van der Waals surface area contributed by atoms with Crippen molar-refractivity contribution in [3.8, 4) is 0 Å². The molecule has 0 aromatic heterocycles. The summed E-state index contributed by atoms with van der Waals surface area (Å²) >= 11 is 0.300. The van der Waals surface area contributed by atoms with Crippen molar-refractivity contribution >= 4 is 70.3 Å². The molecule has 0 spiro atoms. The fourth-order valence-electron chi connectivity index (χ4n) is 0. The summed E-state index contributed by atoms with van der Waals surface area (Å²) < 4.78 is 8.34. The molecule has 4 heteroatoms. The van der Waals surface area contributed by atoms with Crippen LogP contribution in [0, 0.1) is 0 Å². The van der Waals surface area contributed by atoms with E-state index < -0.39 is 0 Å². The third-order valence-electron chi connectivity index (χ3n) is 0. The number of hydrogen-bond acceptors (Lipinski definition) is 1. The van der Waals surface area contributed by atoms with Gasteiger partial charge in [-0.05, 0) is 0 Å². The summed E-state index contributed by atoms with van der Waals surface area (Å²) in [4.78, 5) is 0. The second-order valence-corrected chi connectivity index (χ2v) is 0. The van der Waals surface area contributed by atoms with Crippen molar-refractivity contribution in [2.45, 2.75) is 0 Å². The Balaban J connectivity index is -0.00000000500. The first-order valence-electron chi connectivity index (χ1n) is 0.204. The van der Waals surface area contributed by atoms with Crippen LogP contribution < -0.4 is 0 Å². The molecule has 1 nitrogen and oxygen atoms in total. The van der Waals surface area contributed by atoms with Gasteiger partial charge >= 0.3 is 25.6 Å². The molecule has 0 aliphatic carbocycles. The van der Waals surface area contributed by atoms with Gasteiger partial charge in [-0.1, -0.05) is 0 Å². The maximum atomic E-state index is 8.34. The van der Waals surface area contributed by atoms with Crippen molar-refractivity contribution in [1.82, 2.24) is 0 Å². The van der Waals surface area contributed by atoms with Gasteiger partial charge in [0.2, 0.25) is 0 Å². The van der Waals surface area contributed by atoms with Crippen molar-refractivity contribution in [3.63, 3.8) is 0 Å². The minimum atomic E-state index is 0. The van der Waals surface area contributed by atoms with Gasteiger partial charge in [-0.2, -0.15) is 0 Å².